The number of carbonyl (C=O) groups is 1. The monoisotopic (exact) mass is 301 g/mol. The molecule has 0 bridgehead atoms. The van der Waals surface area contributed by atoms with Crippen molar-refractivity contribution in [1.29, 1.82) is 0 Å². The summed E-state index contributed by atoms with van der Waals surface area (Å²) in [6, 6.07) is 1.66. The Hall–Kier alpha value is -2.44. The molecule has 0 radical (unpaired) electrons. The normalized spacial score (nSPS) is 15.5. The molecule has 1 aliphatic rings. The van der Waals surface area contributed by atoms with Crippen LogP contribution < -0.4 is 10.9 Å². The van der Waals surface area contributed by atoms with E-state index in [4.69, 9.17) is 0 Å². The molecule has 1 aliphatic carbocycles. The van der Waals surface area contributed by atoms with Gasteiger partial charge in [0.1, 0.15) is 11.4 Å². The van der Waals surface area contributed by atoms with Crippen molar-refractivity contribution in [3.63, 3.8) is 0 Å². The van der Waals surface area contributed by atoms with Crippen molar-refractivity contribution in [2.24, 2.45) is 7.05 Å². The maximum Gasteiger partial charge on any atom is 0.263 e. The minimum Gasteiger partial charge on any atom is -0.343 e. The Bertz CT molecular complexity index is 744. The smallest absolute Gasteiger partial charge is 0.263 e. The van der Waals surface area contributed by atoms with Crippen LogP contribution in [0.15, 0.2) is 23.3 Å². The van der Waals surface area contributed by atoms with E-state index in [0.29, 0.717) is 18.2 Å². The minimum absolute atomic E-state index is 0.0463. The molecule has 1 amide bonds. The molecule has 2 aromatic heterocycles. The van der Waals surface area contributed by atoms with Gasteiger partial charge in [-0.1, -0.05) is 6.92 Å². The number of aromatic nitrogens is 4. The first-order chi connectivity index (χ1) is 10.6. The standard InChI is InChI=1S/C15H19N5O2/c1-3-11(12-6-7-17-20(12)2)18-14(21)10-8-16-13(9-4-5-9)19-15(10)22/h6-9,11H,3-5H2,1-2H3,(H,18,21)(H,16,19,22). The summed E-state index contributed by atoms with van der Waals surface area (Å²) in [5.74, 6) is 0.618. The molecular weight excluding hydrogens is 282 g/mol. The van der Waals surface area contributed by atoms with Gasteiger partial charge in [-0.3, -0.25) is 14.3 Å². The summed E-state index contributed by atoms with van der Waals surface area (Å²) in [6.07, 6.45) is 5.86. The van der Waals surface area contributed by atoms with Gasteiger partial charge >= 0.3 is 0 Å². The van der Waals surface area contributed by atoms with Gasteiger partial charge in [-0.15, -0.1) is 0 Å². The number of amides is 1. The van der Waals surface area contributed by atoms with Crippen LogP contribution >= 0.6 is 0 Å². The van der Waals surface area contributed by atoms with Crippen LogP contribution in [0.25, 0.3) is 0 Å². The Labute approximate surface area is 127 Å². The van der Waals surface area contributed by atoms with Crippen LogP contribution in [0.3, 0.4) is 0 Å². The minimum atomic E-state index is -0.413. The second-order valence-corrected chi connectivity index (χ2v) is 5.60. The first-order valence-corrected chi connectivity index (χ1v) is 7.48. The largest absolute Gasteiger partial charge is 0.343 e. The summed E-state index contributed by atoms with van der Waals surface area (Å²) in [5, 5.41) is 6.98. The molecule has 22 heavy (non-hydrogen) atoms. The number of carbonyl (C=O) groups excluding carboxylic acids is 1. The first kappa shape index (κ1) is 14.5. The molecule has 1 atom stereocenters. The summed E-state index contributed by atoms with van der Waals surface area (Å²) in [4.78, 5) is 31.3. The van der Waals surface area contributed by atoms with E-state index in [-0.39, 0.29) is 17.2 Å². The van der Waals surface area contributed by atoms with Gasteiger partial charge in [0.2, 0.25) is 0 Å². The van der Waals surface area contributed by atoms with E-state index in [2.05, 4.69) is 20.4 Å². The number of aromatic amines is 1. The Morgan fingerprint density at radius 3 is 2.86 bits per heavy atom. The summed E-state index contributed by atoms with van der Waals surface area (Å²) >= 11 is 0. The molecule has 2 N–H and O–H groups in total. The molecule has 0 spiro atoms. The zero-order chi connectivity index (χ0) is 15.7. The van der Waals surface area contributed by atoms with Crippen molar-refractivity contribution in [2.75, 3.05) is 0 Å². The van der Waals surface area contributed by atoms with Gasteiger partial charge in [0.05, 0.1) is 11.7 Å². The maximum atomic E-state index is 12.3. The van der Waals surface area contributed by atoms with Crippen LogP contribution in [0.5, 0.6) is 0 Å². The fraction of sp³-hybridized carbons (Fsp3) is 0.467. The van der Waals surface area contributed by atoms with Gasteiger partial charge in [0.15, 0.2) is 0 Å². The molecule has 1 fully saturated rings. The van der Waals surface area contributed by atoms with E-state index in [1.165, 1.54) is 6.20 Å². The highest BCUT2D eigenvalue weighted by Gasteiger charge is 2.27. The molecule has 7 nitrogen and oxygen atoms in total. The van der Waals surface area contributed by atoms with Crippen LogP contribution in [0.2, 0.25) is 0 Å². The maximum absolute atomic E-state index is 12.3. The van der Waals surface area contributed by atoms with Crippen molar-refractivity contribution in [3.8, 4) is 0 Å². The van der Waals surface area contributed by atoms with Crippen LogP contribution in [-0.4, -0.2) is 25.7 Å². The van der Waals surface area contributed by atoms with Gasteiger partial charge in [0, 0.05) is 25.4 Å². The summed E-state index contributed by atoms with van der Waals surface area (Å²) in [7, 11) is 1.82. The van der Waals surface area contributed by atoms with Gasteiger partial charge in [-0.25, -0.2) is 4.98 Å². The SMILES string of the molecule is CCC(NC(=O)c1cnc(C2CC2)[nH]c1=O)c1ccnn1C. The lowest BCUT2D eigenvalue weighted by Crippen LogP contribution is -2.34. The van der Waals surface area contributed by atoms with Crippen LogP contribution in [0.1, 0.15) is 60.0 Å². The Morgan fingerprint density at radius 2 is 2.32 bits per heavy atom. The highest BCUT2D eigenvalue weighted by atomic mass is 16.2. The molecule has 2 aromatic rings. The Balaban J connectivity index is 1.78. The third-order valence-electron chi connectivity index (χ3n) is 3.96. The third kappa shape index (κ3) is 2.79. The van der Waals surface area contributed by atoms with E-state index >= 15 is 0 Å². The zero-order valence-electron chi connectivity index (χ0n) is 12.7. The number of nitrogens with one attached hydrogen (secondary N) is 2. The Kier molecular flexibility index (Phi) is 3.79. The van der Waals surface area contributed by atoms with Crippen molar-refractivity contribution in [2.45, 2.75) is 38.1 Å². The molecular formula is C15H19N5O2. The van der Waals surface area contributed by atoms with Crippen molar-refractivity contribution in [3.05, 3.63) is 45.9 Å². The van der Waals surface area contributed by atoms with Crippen LogP contribution in [0.4, 0.5) is 0 Å². The van der Waals surface area contributed by atoms with Gasteiger partial charge in [0.25, 0.3) is 11.5 Å². The molecule has 0 aliphatic heterocycles. The van der Waals surface area contributed by atoms with Crippen molar-refractivity contribution in [1.82, 2.24) is 25.1 Å². The molecule has 0 aromatic carbocycles. The van der Waals surface area contributed by atoms with Gasteiger partial charge in [-0.2, -0.15) is 5.10 Å². The van der Waals surface area contributed by atoms with E-state index < -0.39 is 5.91 Å². The van der Waals surface area contributed by atoms with Gasteiger partial charge in [-0.05, 0) is 25.3 Å². The van der Waals surface area contributed by atoms with E-state index in [0.717, 1.165) is 18.5 Å². The number of H-pyrrole nitrogens is 1. The van der Waals surface area contributed by atoms with E-state index in [1.807, 2.05) is 20.0 Å². The topological polar surface area (TPSA) is 92.7 Å². The fourth-order valence-corrected chi connectivity index (χ4v) is 2.48. The lowest BCUT2D eigenvalue weighted by Gasteiger charge is -2.17. The molecule has 3 rings (SSSR count). The third-order valence-corrected chi connectivity index (χ3v) is 3.96. The average molecular weight is 301 g/mol. The fourth-order valence-electron chi connectivity index (χ4n) is 2.48. The lowest BCUT2D eigenvalue weighted by molar-refractivity contribution is 0.0932. The van der Waals surface area contributed by atoms with Crippen LogP contribution in [0, 0.1) is 0 Å². The molecule has 7 heteroatoms. The van der Waals surface area contributed by atoms with Crippen molar-refractivity contribution >= 4 is 5.91 Å². The van der Waals surface area contributed by atoms with Gasteiger partial charge < -0.3 is 10.3 Å². The van der Waals surface area contributed by atoms with Crippen molar-refractivity contribution < 1.29 is 4.79 Å². The summed E-state index contributed by atoms with van der Waals surface area (Å²) in [5.41, 5.74) is 0.564. The second-order valence-electron chi connectivity index (χ2n) is 5.60. The number of hydrogen-bond acceptors (Lipinski definition) is 4. The molecule has 1 saturated carbocycles. The predicted octanol–water partition coefficient (Wildman–Crippen LogP) is 1.26. The zero-order valence-corrected chi connectivity index (χ0v) is 12.7. The highest BCUT2D eigenvalue weighted by Crippen LogP contribution is 2.37. The second kappa shape index (κ2) is 5.75. The number of aryl methyl sites for hydroxylation is 1. The number of rotatable bonds is 5. The number of hydrogen-bond donors (Lipinski definition) is 2. The molecule has 0 saturated heterocycles. The average Bonchev–Trinajstić information content (AvgIpc) is 3.27. The van der Waals surface area contributed by atoms with E-state index in [1.54, 1.807) is 10.9 Å². The lowest BCUT2D eigenvalue weighted by atomic mass is 10.1. The highest BCUT2D eigenvalue weighted by molar-refractivity contribution is 5.93. The summed E-state index contributed by atoms with van der Waals surface area (Å²) < 4.78 is 1.72. The van der Waals surface area contributed by atoms with E-state index in [9.17, 15) is 9.59 Å². The van der Waals surface area contributed by atoms with Crippen LogP contribution in [-0.2, 0) is 7.05 Å². The molecule has 116 valence electrons. The summed E-state index contributed by atoms with van der Waals surface area (Å²) in [6.45, 7) is 1.97. The molecule has 1 unspecified atom stereocenters. The quantitative estimate of drug-likeness (QED) is 0.869. The Morgan fingerprint density at radius 1 is 1.55 bits per heavy atom. The first-order valence-electron chi connectivity index (χ1n) is 7.48. The predicted molar refractivity (Wildman–Crippen MR) is 80.5 cm³/mol. The molecule has 2 heterocycles. The number of nitrogens with zero attached hydrogens (tertiary/aromatic N) is 3.